The molecule has 1 amide bonds. The van der Waals surface area contributed by atoms with Gasteiger partial charge < -0.3 is 10.4 Å². The van der Waals surface area contributed by atoms with Crippen LogP contribution in [0.1, 0.15) is 27.2 Å². The van der Waals surface area contributed by atoms with Crippen molar-refractivity contribution in [1.82, 2.24) is 9.78 Å². The number of nitrogens with zero attached hydrogens (tertiary/aromatic N) is 2. The number of carbonyl (C=O) groups is 1. The number of carbonyl (C=O) groups excluding carboxylic acids is 1. The summed E-state index contributed by atoms with van der Waals surface area (Å²) < 4.78 is 1.65. The van der Waals surface area contributed by atoms with Gasteiger partial charge in [0.2, 0.25) is 0 Å². The second kappa shape index (κ2) is 6.25. The van der Waals surface area contributed by atoms with Crippen LogP contribution in [-0.2, 0) is 7.05 Å². The highest BCUT2D eigenvalue weighted by Crippen LogP contribution is 2.16. The molecule has 0 radical (unpaired) electrons. The van der Waals surface area contributed by atoms with Crippen LogP contribution in [0.5, 0.6) is 0 Å². The maximum Gasteiger partial charge on any atom is 0.256 e. The van der Waals surface area contributed by atoms with Crippen LogP contribution in [0, 0.1) is 25.7 Å². The van der Waals surface area contributed by atoms with Crippen molar-refractivity contribution in [1.29, 1.82) is 0 Å². The monoisotopic (exact) mass is 283 g/mol. The molecule has 2 N–H and O–H groups in total. The highest BCUT2D eigenvalue weighted by Gasteiger charge is 2.12. The topological polar surface area (TPSA) is 67.2 Å². The standard InChI is InChI=1S/C16H17N3O2/c1-11-6-7-13(5-4-8-20)9-14(11)16(21)17-15-10-19(3)18-12(15)2/h6-7,9-10,20H,8H2,1-3H3,(H,17,21). The van der Waals surface area contributed by atoms with Crippen LogP contribution in [0.3, 0.4) is 0 Å². The predicted molar refractivity (Wildman–Crippen MR) is 81.0 cm³/mol. The zero-order valence-corrected chi connectivity index (χ0v) is 12.3. The van der Waals surface area contributed by atoms with Gasteiger partial charge in [-0.2, -0.15) is 5.10 Å². The first-order valence-corrected chi connectivity index (χ1v) is 6.53. The number of benzene rings is 1. The van der Waals surface area contributed by atoms with Crippen molar-refractivity contribution in [2.24, 2.45) is 7.05 Å². The minimum atomic E-state index is -0.204. The fraction of sp³-hybridized carbons (Fsp3) is 0.250. The third-order valence-corrected chi connectivity index (χ3v) is 3.06. The second-order valence-corrected chi connectivity index (χ2v) is 4.75. The predicted octanol–water partition coefficient (Wildman–Crippen LogP) is 1.63. The van der Waals surface area contributed by atoms with Crippen LogP contribution in [0.4, 0.5) is 5.69 Å². The normalized spacial score (nSPS) is 9.90. The van der Waals surface area contributed by atoms with Crippen molar-refractivity contribution in [2.75, 3.05) is 11.9 Å². The Kier molecular flexibility index (Phi) is 4.41. The van der Waals surface area contributed by atoms with Gasteiger partial charge in [0.15, 0.2) is 0 Å². The maximum absolute atomic E-state index is 12.4. The molecule has 0 aliphatic heterocycles. The van der Waals surface area contributed by atoms with Gasteiger partial charge >= 0.3 is 0 Å². The fourth-order valence-electron chi connectivity index (χ4n) is 2.00. The summed E-state index contributed by atoms with van der Waals surface area (Å²) in [5.74, 6) is 5.17. The summed E-state index contributed by atoms with van der Waals surface area (Å²) in [5, 5.41) is 15.8. The lowest BCUT2D eigenvalue weighted by Crippen LogP contribution is -2.14. The zero-order chi connectivity index (χ0) is 15.4. The Morgan fingerprint density at radius 1 is 1.43 bits per heavy atom. The van der Waals surface area contributed by atoms with E-state index in [0.717, 1.165) is 11.3 Å². The summed E-state index contributed by atoms with van der Waals surface area (Å²) in [6.07, 6.45) is 1.76. The number of rotatable bonds is 2. The number of hydrogen-bond donors (Lipinski definition) is 2. The first-order chi connectivity index (χ1) is 10.0. The van der Waals surface area contributed by atoms with Crippen LogP contribution < -0.4 is 5.32 Å². The number of aliphatic hydroxyl groups is 1. The lowest BCUT2D eigenvalue weighted by molar-refractivity contribution is 0.102. The highest BCUT2D eigenvalue weighted by atomic mass is 16.2. The van der Waals surface area contributed by atoms with Crippen molar-refractivity contribution >= 4 is 11.6 Å². The molecule has 0 fully saturated rings. The summed E-state index contributed by atoms with van der Waals surface area (Å²) >= 11 is 0. The molecule has 0 atom stereocenters. The summed E-state index contributed by atoms with van der Waals surface area (Å²) in [5.41, 5.74) is 3.57. The first kappa shape index (κ1) is 14.8. The van der Waals surface area contributed by atoms with Gasteiger partial charge in [-0.15, -0.1) is 0 Å². The molecule has 0 saturated carbocycles. The first-order valence-electron chi connectivity index (χ1n) is 6.53. The number of amides is 1. The van der Waals surface area contributed by atoms with Gasteiger partial charge in [0.05, 0.1) is 11.4 Å². The molecule has 0 aliphatic carbocycles. The minimum Gasteiger partial charge on any atom is -0.384 e. The SMILES string of the molecule is Cc1ccc(C#CCO)cc1C(=O)Nc1cn(C)nc1C. The quantitative estimate of drug-likeness (QED) is 0.823. The van der Waals surface area contributed by atoms with E-state index in [9.17, 15) is 4.79 Å². The van der Waals surface area contributed by atoms with Crippen LogP contribution >= 0.6 is 0 Å². The summed E-state index contributed by atoms with van der Waals surface area (Å²) in [6, 6.07) is 5.38. The van der Waals surface area contributed by atoms with Crippen molar-refractivity contribution < 1.29 is 9.90 Å². The number of nitrogens with one attached hydrogen (secondary N) is 1. The lowest BCUT2D eigenvalue weighted by Gasteiger charge is -2.07. The molecular weight excluding hydrogens is 266 g/mol. The van der Waals surface area contributed by atoms with E-state index in [-0.39, 0.29) is 12.5 Å². The van der Waals surface area contributed by atoms with E-state index in [1.54, 1.807) is 24.0 Å². The van der Waals surface area contributed by atoms with Crippen molar-refractivity contribution in [2.45, 2.75) is 13.8 Å². The van der Waals surface area contributed by atoms with Crippen LogP contribution in [0.15, 0.2) is 24.4 Å². The lowest BCUT2D eigenvalue weighted by atomic mass is 10.0. The molecule has 0 aliphatic rings. The average molecular weight is 283 g/mol. The molecule has 0 bridgehead atoms. The van der Waals surface area contributed by atoms with Gasteiger partial charge in [0, 0.05) is 24.4 Å². The molecule has 21 heavy (non-hydrogen) atoms. The van der Waals surface area contributed by atoms with E-state index >= 15 is 0 Å². The summed E-state index contributed by atoms with van der Waals surface area (Å²) in [6.45, 7) is 3.50. The van der Waals surface area contributed by atoms with Gasteiger partial charge in [-0.05, 0) is 31.5 Å². The zero-order valence-electron chi connectivity index (χ0n) is 12.3. The molecule has 0 unspecified atom stereocenters. The minimum absolute atomic E-state index is 0.198. The number of anilines is 1. The molecule has 2 aromatic rings. The summed E-state index contributed by atoms with van der Waals surface area (Å²) in [7, 11) is 1.80. The molecule has 0 saturated heterocycles. The Morgan fingerprint density at radius 2 is 2.19 bits per heavy atom. The van der Waals surface area contributed by atoms with Crippen molar-refractivity contribution in [3.63, 3.8) is 0 Å². The average Bonchev–Trinajstić information content (AvgIpc) is 2.75. The van der Waals surface area contributed by atoms with Crippen LogP contribution in [0.25, 0.3) is 0 Å². The number of hydrogen-bond acceptors (Lipinski definition) is 3. The molecule has 5 heteroatoms. The van der Waals surface area contributed by atoms with E-state index in [0.29, 0.717) is 16.8 Å². The van der Waals surface area contributed by atoms with Gasteiger partial charge in [-0.25, -0.2) is 0 Å². The third-order valence-electron chi connectivity index (χ3n) is 3.06. The smallest absolute Gasteiger partial charge is 0.256 e. The number of aromatic nitrogens is 2. The van der Waals surface area contributed by atoms with E-state index in [2.05, 4.69) is 22.3 Å². The Labute approximate surface area is 123 Å². The molecule has 5 nitrogen and oxygen atoms in total. The fourth-order valence-corrected chi connectivity index (χ4v) is 2.00. The van der Waals surface area contributed by atoms with Crippen molar-refractivity contribution in [3.05, 3.63) is 46.8 Å². The Bertz CT molecular complexity index is 736. The van der Waals surface area contributed by atoms with Crippen LogP contribution in [0.2, 0.25) is 0 Å². The Morgan fingerprint density at radius 3 is 2.81 bits per heavy atom. The largest absolute Gasteiger partial charge is 0.384 e. The van der Waals surface area contributed by atoms with E-state index in [4.69, 9.17) is 5.11 Å². The molecule has 1 heterocycles. The molecule has 2 rings (SSSR count). The number of aliphatic hydroxyl groups excluding tert-OH is 1. The Balaban J connectivity index is 2.28. The molecule has 0 spiro atoms. The third kappa shape index (κ3) is 3.50. The summed E-state index contributed by atoms with van der Waals surface area (Å²) in [4.78, 5) is 12.4. The van der Waals surface area contributed by atoms with E-state index < -0.39 is 0 Å². The maximum atomic E-state index is 12.4. The molecular formula is C16H17N3O2. The molecule has 1 aromatic heterocycles. The Hall–Kier alpha value is -2.58. The molecule has 1 aromatic carbocycles. The number of aryl methyl sites for hydroxylation is 3. The molecule has 108 valence electrons. The van der Waals surface area contributed by atoms with Gasteiger partial charge in [0.25, 0.3) is 5.91 Å². The second-order valence-electron chi connectivity index (χ2n) is 4.75. The van der Waals surface area contributed by atoms with E-state index in [1.807, 2.05) is 26.0 Å². The van der Waals surface area contributed by atoms with E-state index in [1.165, 1.54) is 0 Å². The van der Waals surface area contributed by atoms with Gasteiger partial charge in [-0.1, -0.05) is 17.9 Å². The van der Waals surface area contributed by atoms with Gasteiger partial charge in [-0.3, -0.25) is 9.48 Å². The highest BCUT2D eigenvalue weighted by molar-refractivity contribution is 6.05. The van der Waals surface area contributed by atoms with Gasteiger partial charge in [0.1, 0.15) is 6.61 Å². The van der Waals surface area contributed by atoms with Crippen LogP contribution in [-0.4, -0.2) is 27.4 Å². The van der Waals surface area contributed by atoms with Crippen molar-refractivity contribution in [3.8, 4) is 11.8 Å².